The molecule has 1 unspecified atom stereocenters. The van der Waals surface area contributed by atoms with Crippen LogP contribution in [0.15, 0.2) is 36.4 Å². The summed E-state index contributed by atoms with van der Waals surface area (Å²) in [6.07, 6.45) is 8.23. The highest BCUT2D eigenvalue weighted by molar-refractivity contribution is 5.40. The Kier molecular flexibility index (Phi) is 2.35. The molecule has 0 heterocycles. The molecule has 0 spiro atoms. The number of anilines is 1. The first-order valence-electron chi connectivity index (χ1n) is 4.87. The number of benzene rings is 1. The van der Waals surface area contributed by atoms with Crippen molar-refractivity contribution in [2.75, 3.05) is 5.73 Å². The van der Waals surface area contributed by atoms with Crippen LogP contribution in [0.5, 0.6) is 0 Å². The Bertz CT molecular complexity index is 297. The first kappa shape index (κ1) is 8.36. The highest BCUT2D eigenvalue weighted by Crippen LogP contribution is 2.29. The molecule has 0 aliphatic heterocycles. The SMILES string of the molecule is Nc1ccc(C2CC=CCC2)cc1. The van der Waals surface area contributed by atoms with Gasteiger partial charge in [-0.05, 0) is 42.9 Å². The summed E-state index contributed by atoms with van der Waals surface area (Å²) < 4.78 is 0. The fourth-order valence-corrected chi connectivity index (χ4v) is 1.86. The van der Waals surface area contributed by atoms with Crippen molar-refractivity contribution in [3.05, 3.63) is 42.0 Å². The second kappa shape index (κ2) is 3.65. The predicted octanol–water partition coefficient (Wildman–Crippen LogP) is 3.09. The molecule has 0 saturated carbocycles. The molecule has 1 atom stereocenters. The van der Waals surface area contributed by atoms with Crippen LogP contribution in [0.1, 0.15) is 30.7 Å². The van der Waals surface area contributed by atoms with E-state index in [1.54, 1.807) is 0 Å². The Morgan fingerprint density at radius 3 is 2.46 bits per heavy atom. The molecule has 1 nitrogen and oxygen atoms in total. The van der Waals surface area contributed by atoms with Crippen molar-refractivity contribution in [2.45, 2.75) is 25.2 Å². The van der Waals surface area contributed by atoms with Crippen LogP contribution in [0.4, 0.5) is 5.69 Å². The van der Waals surface area contributed by atoms with Crippen molar-refractivity contribution in [2.24, 2.45) is 0 Å². The second-order valence-corrected chi connectivity index (χ2v) is 3.65. The molecule has 0 bridgehead atoms. The lowest BCUT2D eigenvalue weighted by atomic mass is 9.88. The van der Waals surface area contributed by atoms with E-state index in [-0.39, 0.29) is 0 Å². The van der Waals surface area contributed by atoms with Crippen molar-refractivity contribution >= 4 is 5.69 Å². The van der Waals surface area contributed by atoms with Gasteiger partial charge in [0.15, 0.2) is 0 Å². The summed E-state index contributed by atoms with van der Waals surface area (Å²) in [5.41, 5.74) is 7.93. The topological polar surface area (TPSA) is 26.0 Å². The van der Waals surface area contributed by atoms with Gasteiger partial charge in [-0.15, -0.1) is 0 Å². The van der Waals surface area contributed by atoms with Crippen molar-refractivity contribution in [1.82, 2.24) is 0 Å². The highest BCUT2D eigenvalue weighted by Gasteiger charge is 2.11. The maximum Gasteiger partial charge on any atom is 0.0314 e. The standard InChI is InChI=1S/C12H15N/c13-12-8-6-11(7-9-12)10-4-2-1-3-5-10/h1-2,6-10H,3-5,13H2. The van der Waals surface area contributed by atoms with E-state index in [1.165, 1.54) is 24.8 Å². The van der Waals surface area contributed by atoms with Crippen LogP contribution in [0, 0.1) is 0 Å². The number of hydrogen-bond donors (Lipinski definition) is 1. The number of rotatable bonds is 1. The van der Waals surface area contributed by atoms with Gasteiger partial charge in [0.05, 0.1) is 0 Å². The molecule has 0 radical (unpaired) electrons. The first-order chi connectivity index (χ1) is 6.36. The van der Waals surface area contributed by atoms with Gasteiger partial charge < -0.3 is 5.73 Å². The lowest BCUT2D eigenvalue weighted by molar-refractivity contribution is 0.617. The smallest absolute Gasteiger partial charge is 0.0314 e. The number of nitrogens with two attached hydrogens (primary N) is 1. The molecule has 1 aliphatic carbocycles. The second-order valence-electron chi connectivity index (χ2n) is 3.65. The zero-order valence-corrected chi connectivity index (χ0v) is 7.74. The molecule has 2 N–H and O–H groups in total. The lowest BCUT2D eigenvalue weighted by Gasteiger charge is -2.17. The Morgan fingerprint density at radius 1 is 1.08 bits per heavy atom. The lowest BCUT2D eigenvalue weighted by Crippen LogP contribution is -2.00. The summed E-state index contributed by atoms with van der Waals surface area (Å²) in [4.78, 5) is 0. The number of nitrogen functional groups attached to an aromatic ring is 1. The van der Waals surface area contributed by atoms with E-state index in [4.69, 9.17) is 5.73 Å². The van der Waals surface area contributed by atoms with Crippen LogP contribution in [0.3, 0.4) is 0 Å². The van der Waals surface area contributed by atoms with E-state index in [1.807, 2.05) is 12.1 Å². The van der Waals surface area contributed by atoms with E-state index >= 15 is 0 Å². The number of hydrogen-bond acceptors (Lipinski definition) is 1. The Labute approximate surface area is 79.3 Å². The molecule has 1 aromatic carbocycles. The molecule has 68 valence electrons. The third-order valence-corrected chi connectivity index (χ3v) is 2.68. The maximum atomic E-state index is 5.64. The molecule has 13 heavy (non-hydrogen) atoms. The van der Waals surface area contributed by atoms with Gasteiger partial charge in [0.1, 0.15) is 0 Å². The van der Waals surface area contributed by atoms with Crippen LogP contribution in [0.25, 0.3) is 0 Å². The highest BCUT2D eigenvalue weighted by atomic mass is 14.5. The van der Waals surface area contributed by atoms with Gasteiger partial charge in [0.25, 0.3) is 0 Å². The Hall–Kier alpha value is -1.24. The van der Waals surface area contributed by atoms with Gasteiger partial charge in [-0.2, -0.15) is 0 Å². The molecule has 1 aromatic rings. The third-order valence-electron chi connectivity index (χ3n) is 2.68. The molecule has 2 rings (SSSR count). The molecule has 1 aliphatic rings. The molecule has 1 heteroatoms. The minimum atomic E-state index is 0.714. The Morgan fingerprint density at radius 2 is 1.85 bits per heavy atom. The van der Waals surface area contributed by atoms with Gasteiger partial charge in [-0.25, -0.2) is 0 Å². The Balaban J connectivity index is 2.15. The minimum absolute atomic E-state index is 0.714. The van der Waals surface area contributed by atoms with E-state index in [2.05, 4.69) is 24.3 Å². The zero-order valence-electron chi connectivity index (χ0n) is 7.74. The van der Waals surface area contributed by atoms with Gasteiger partial charge in [0.2, 0.25) is 0 Å². The molecular weight excluding hydrogens is 158 g/mol. The molecule has 0 saturated heterocycles. The summed E-state index contributed by atoms with van der Waals surface area (Å²) in [6.45, 7) is 0. The van der Waals surface area contributed by atoms with Crippen molar-refractivity contribution in [3.8, 4) is 0 Å². The van der Waals surface area contributed by atoms with Crippen LogP contribution < -0.4 is 5.73 Å². The van der Waals surface area contributed by atoms with Crippen molar-refractivity contribution < 1.29 is 0 Å². The molecular formula is C12H15N. The van der Waals surface area contributed by atoms with E-state index in [0.717, 1.165) is 5.69 Å². The van der Waals surface area contributed by atoms with Gasteiger partial charge in [-0.3, -0.25) is 0 Å². The van der Waals surface area contributed by atoms with Crippen LogP contribution in [-0.2, 0) is 0 Å². The summed E-state index contributed by atoms with van der Waals surface area (Å²) in [6, 6.07) is 8.29. The van der Waals surface area contributed by atoms with Crippen LogP contribution >= 0.6 is 0 Å². The quantitative estimate of drug-likeness (QED) is 0.512. The monoisotopic (exact) mass is 173 g/mol. The first-order valence-corrected chi connectivity index (χ1v) is 4.87. The fourth-order valence-electron chi connectivity index (χ4n) is 1.86. The van der Waals surface area contributed by atoms with E-state index < -0.39 is 0 Å². The van der Waals surface area contributed by atoms with Crippen molar-refractivity contribution in [3.63, 3.8) is 0 Å². The molecule has 0 aromatic heterocycles. The van der Waals surface area contributed by atoms with E-state index in [9.17, 15) is 0 Å². The summed E-state index contributed by atoms with van der Waals surface area (Å²) in [5, 5.41) is 0. The normalized spacial score (nSPS) is 21.7. The number of allylic oxidation sites excluding steroid dienone is 2. The van der Waals surface area contributed by atoms with Crippen LogP contribution in [0.2, 0.25) is 0 Å². The van der Waals surface area contributed by atoms with Crippen molar-refractivity contribution in [1.29, 1.82) is 0 Å². The van der Waals surface area contributed by atoms with Gasteiger partial charge in [0, 0.05) is 5.69 Å². The van der Waals surface area contributed by atoms with E-state index in [0.29, 0.717) is 5.92 Å². The average molecular weight is 173 g/mol. The predicted molar refractivity (Wildman–Crippen MR) is 56.6 cm³/mol. The van der Waals surface area contributed by atoms with Gasteiger partial charge in [-0.1, -0.05) is 24.3 Å². The minimum Gasteiger partial charge on any atom is -0.399 e. The molecule has 0 amide bonds. The third kappa shape index (κ3) is 1.92. The largest absolute Gasteiger partial charge is 0.399 e. The summed E-state index contributed by atoms with van der Waals surface area (Å²) in [7, 11) is 0. The maximum absolute atomic E-state index is 5.64. The van der Waals surface area contributed by atoms with Gasteiger partial charge >= 0.3 is 0 Å². The summed E-state index contributed by atoms with van der Waals surface area (Å²) in [5.74, 6) is 0.714. The fraction of sp³-hybridized carbons (Fsp3) is 0.333. The van der Waals surface area contributed by atoms with Crippen LogP contribution in [-0.4, -0.2) is 0 Å². The average Bonchev–Trinajstić information content (AvgIpc) is 2.20. The zero-order chi connectivity index (χ0) is 9.10. The molecule has 0 fully saturated rings. The summed E-state index contributed by atoms with van der Waals surface area (Å²) >= 11 is 0.